The van der Waals surface area contributed by atoms with Gasteiger partial charge in [0.15, 0.2) is 0 Å². The van der Waals surface area contributed by atoms with Crippen LogP contribution in [0, 0.1) is 31.1 Å². The Labute approximate surface area is 219 Å². The summed E-state index contributed by atoms with van der Waals surface area (Å²) >= 11 is 0. The summed E-state index contributed by atoms with van der Waals surface area (Å²) in [6, 6.07) is 0. The molecule has 0 unspecified atom stereocenters. The van der Waals surface area contributed by atoms with E-state index in [-0.39, 0.29) is 160 Å². The predicted octanol–water partition coefficient (Wildman–Crippen LogP) is -19.6. The number of carbonyl (C=O) groups is 3. The van der Waals surface area contributed by atoms with Crippen LogP contribution in [0.2, 0.25) is 0 Å². The zero-order chi connectivity index (χ0) is 10.7. The molecule has 0 aliphatic carbocycles. The van der Waals surface area contributed by atoms with Gasteiger partial charge in [0.05, 0.1) is 0 Å². The van der Waals surface area contributed by atoms with Crippen molar-refractivity contribution >= 4 is 18.5 Å². The molecule has 0 heterocycles. The van der Waals surface area contributed by atoms with Gasteiger partial charge < -0.3 is 56.0 Å². The minimum atomic E-state index is -2.33. The average Bonchev–Trinajstić information content (AvgIpc) is 1.54. The molecular weight excluding hydrogens is 542 g/mol. The molecule has 0 aliphatic rings. The molecule has 0 aromatic rings. The van der Waals surface area contributed by atoms with E-state index >= 15 is 0 Å². The van der Waals surface area contributed by atoms with Crippen molar-refractivity contribution < 1.29 is 205 Å². The fourth-order valence-corrected chi connectivity index (χ4v) is 0. The Kier molecular flexibility index (Phi) is 209. The van der Waals surface area contributed by atoms with Crippen molar-refractivity contribution in [3.8, 4) is 0 Å². The van der Waals surface area contributed by atoms with Crippen LogP contribution < -0.4 is 149 Å². The topological polar surface area (TPSA) is 247 Å². The zero-order valence-corrected chi connectivity index (χ0v) is 22.7. The number of hydrogen-bond donors (Lipinski definition) is 0. The van der Waals surface area contributed by atoms with Crippen LogP contribution in [0.25, 0.3) is 0 Å². The van der Waals surface area contributed by atoms with Crippen LogP contribution in [0.5, 0.6) is 0 Å². The molecule has 92 valence electrons. The van der Waals surface area contributed by atoms with Crippen LogP contribution in [0.4, 0.5) is 14.4 Å². The fourth-order valence-electron chi connectivity index (χ4n) is 0. The Morgan fingerprint density at radius 2 is 0.474 bits per heavy atom. The summed E-state index contributed by atoms with van der Waals surface area (Å²) in [4.78, 5) is 25.0. The van der Waals surface area contributed by atoms with Crippen molar-refractivity contribution in [2.75, 3.05) is 0 Å². The van der Waals surface area contributed by atoms with E-state index in [1.807, 2.05) is 0 Å². The van der Waals surface area contributed by atoms with Crippen LogP contribution in [-0.2, 0) is 11.0 Å². The maximum absolute atomic E-state index is 8.33. The molecule has 0 N–H and O–H groups in total. The number of carboxylic acid groups (broad SMARTS) is 6. The first kappa shape index (κ1) is 67.8. The third kappa shape index (κ3) is 947. The first-order valence-electron chi connectivity index (χ1n) is 1.84. The van der Waals surface area contributed by atoms with E-state index in [9.17, 15) is 0 Å². The average molecular weight is 542 g/mol. The van der Waals surface area contributed by atoms with Gasteiger partial charge in [0.25, 0.3) is 0 Å². The smallest absolute Gasteiger partial charge is 1.00 e. The molecule has 16 heteroatoms. The summed E-state index contributed by atoms with van der Waals surface area (Å²) in [6.07, 6.45) is -7.00. The molecule has 0 amide bonds. The van der Waals surface area contributed by atoms with Crippen molar-refractivity contribution in [1.82, 2.24) is 0 Å². The molecule has 0 aliphatic heterocycles. The van der Waals surface area contributed by atoms with Crippen LogP contribution in [-0.4, -0.2) is 18.5 Å². The van der Waals surface area contributed by atoms with Crippen LogP contribution in [0.3, 0.4) is 0 Å². The second-order valence-electron chi connectivity index (χ2n) is 0.750. The SMILES string of the molecule is O=C([O-])[O-].O=C([O-])[O-].O=C([O-])[O-].[Na+].[Na+].[Na+].[Na+].[O-2].[O-2].[U]. The molecule has 0 saturated carbocycles. The molecule has 0 saturated heterocycles. The quantitative estimate of drug-likeness (QED) is 0.263. The number of carbonyl (C=O) groups excluding carboxylic acids is 3. The van der Waals surface area contributed by atoms with Crippen molar-refractivity contribution in [1.29, 1.82) is 0 Å². The molecule has 0 bridgehead atoms. The van der Waals surface area contributed by atoms with Gasteiger partial charge in [-0.25, -0.2) is 0 Å². The Morgan fingerprint density at radius 3 is 0.474 bits per heavy atom. The van der Waals surface area contributed by atoms with E-state index in [4.69, 9.17) is 45.0 Å². The Morgan fingerprint density at radius 1 is 0.474 bits per heavy atom. The fraction of sp³-hybridized carbons (Fsp3) is 0. The van der Waals surface area contributed by atoms with Gasteiger partial charge in [-0.1, -0.05) is 0 Å². The zero-order valence-electron chi connectivity index (χ0n) is 10.5. The molecule has 11 nitrogen and oxygen atoms in total. The molecule has 0 spiro atoms. The van der Waals surface area contributed by atoms with Crippen molar-refractivity contribution in [3.63, 3.8) is 0 Å². The second kappa shape index (κ2) is 58.6. The normalized spacial score (nSPS) is 3.79. The van der Waals surface area contributed by atoms with E-state index in [1.165, 1.54) is 0 Å². The van der Waals surface area contributed by atoms with Gasteiger partial charge in [-0.15, -0.1) is 0 Å². The summed E-state index contributed by atoms with van der Waals surface area (Å²) < 4.78 is 0. The van der Waals surface area contributed by atoms with Crippen LogP contribution >= 0.6 is 0 Å². The van der Waals surface area contributed by atoms with Crippen molar-refractivity contribution in [2.24, 2.45) is 0 Å². The molecule has 0 aromatic heterocycles. The summed E-state index contributed by atoms with van der Waals surface area (Å²) in [7, 11) is 0. The summed E-state index contributed by atoms with van der Waals surface area (Å²) in [5.41, 5.74) is 0. The maximum atomic E-state index is 8.33. The van der Waals surface area contributed by atoms with E-state index in [0.717, 1.165) is 0 Å². The van der Waals surface area contributed by atoms with Gasteiger partial charge in [-0.2, -0.15) is 0 Å². The van der Waals surface area contributed by atoms with E-state index in [0.29, 0.717) is 0 Å². The predicted molar refractivity (Wildman–Crippen MR) is 17.6 cm³/mol. The van der Waals surface area contributed by atoms with Crippen molar-refractivity contribution in [2.45, 2.75) is 0 Å². The van der Waals surface area contributed by atoms with Gasteiger partial charge in [-0.3, -0.25) is 0 Å². The second-order valence-corrected chi connectivity index (χ2v) is 0.750. The van der Waals surface area contributed by atoms with E-state index in [1.54, 1.807) is 0 Å². The first-order chi connectivity index (χ1) is 5.20. The largest absolute Gasteiger partial charge is 2.00 e. The van der Waals surface area contributed by atoms with Crippen LogP contribution in [0.1, 0.15) is 0 Å². The van der Waals surface area contributed by atoms with Gasteiger partial charge in [-0.05, 0) is 18.5 Å². The number of rotatable bonds is 0. The minimum absolute atomic E-state index is 0. The van der Waals surface area contributed by atoms with Gasteiger partial charge in [0.2, 0.25) is 0 Å². The van der Waals surface area contributed by atoms with Gasteiger partial charge in [0, 0.05) is 31.1 Å². The maximum Gasteiger partial charge on any atom is 1.00 e. The van der Waals surface area contributed by atoms with E-state index in [2.05, 4.69) is 0 Å². The molecule has 0 atom stereocenters. The number of hydrogen-bond acceptors (Lipinski definition) is 9. The Balaban J connectivity index is -0.00000000675. The van der Waals surface area contributed by atoms with Crippen LogP contribution in [0.15, 0.2) is 0 Å². The molecule has 0 fully saturated rings. The Hall–Kier alpha value is 2.78. The minimum Gasteiger partial charge on any atom is -2.00 e. The molecular formula is C3Na4O11U-6. The standard InChI is InChI=1S/3CH2O3.4Na.2O.U/c3*2-1(3)4;;;;;;;/h3*(H2,2,3,4);;;;;;;/q;;;4*+1;2*-2;/p-6. The molecule has 0 radical (unpaired) electrons. The summed E-state index contributed by atoms with van der Waals surface area (Å²) in [6.45, 7) is 0. The molecule has 0 aromatic carbocycles. The van der Waals surface area contributed by atoms with Gasteiger partial charge in [0.1, 0.15) is 0 Å². The monoisotopic (exact) mass is 542 g/mol. The summed E-state index contributed by atoms with van der Waals surface area (Å²) in [5.74, 6) is 0. The summed E-state index contributed by atoms with van der Waals surface area (Å²) in [5, 5.41) is 50.0. The Bertz CT molecular complexity index is 127. The molecule has 19 heavy (non-hydrogen) atoms. The third-order valence-electron chi connectivity index (χ3n) is 0. The first-order valence-corrected chi connectivity index (χ1v) is 1.84. The third-order valence-corrected chi connectivity index (χ3v) is 0. The van der Waals surface area contributed by atoms with E-state index < -0.39 is 18.5 Å². The van der Waals surface area contributed by atoms with Gasteiger partial charge >= 0.3 is 118 Å². The molecule has 0 rings (SSSR count). The van der Waals surface area contributed by atoms with Crippen molar-refractivity contribution in [3.05, 3.63) is 0 Å².